The number of rotatable bonds is 18. The third kappa shape index (κ3) is 10.5. The van der Waals surface area contributed by atoms with Crippen molar-refractivity contribution in [2.45, 2.75) is 89.4 Å². The molecule has 0 spiro atoms. The molecule has 4 fully saturated rings. The monoisotopic (exact) mass is 916 g/mol. The molecular weight excluding hydrogens is 879 g/mol. The molecule has 4 heterocycles. The maximum absolute atomic E-state index is 13.7. The third-order valence-corrected chi connectivity index (χ3v) is 11.3. The molecule has 0 aromatic heterocycles. The zero-order valence-electron chi connectivity index (χ0n) is 31.0. The SMILES string of the molecule is COC(=O)[C@@]1(OC[C@@H](O)[C@@H](O)[C@@H]2O[C@@](Sc3ccccc3)(C(=O)OC)C[C@@H]3OC(=O)N[C@@H]23)C[C@@H]2OC(=O)N[C@H]2[C@H]([C@H](OC(=O)CCl)[C@@H](COC(=O)CCl)OC(=O)CCl)O1. The molecule has 0 bridgehead atoms. The highest BCUT2D eigenvalue weighted by molar-refractivity contribution is 8.01. The number of amides is 2. The normalized spacial score (nSPS) is 30.3. The van der Waals surface area contributed by atoms with Crippen molar-refractivity contribution in [3.8, 4) is 0 Å². The smallest absolute Gasteiger partial charge is 0.407 e. The van der Waals surface area contributed by atoms with E-state index in [0.717, 1.165) is 26.0 Å². The fraction of sp³-hybridized carbons (Fsp3) is 0.618. The fourth-order valence-electron chi connectivity index (χ4n) is 6.84. The van der Waals surface area contributed by atoms with Crippen LogP contribution < -0.4 is 10.6 Å². The van der Waals surface area contributed by atoms with Gasteiger partial charge in [0, 0.05) is 11.3 Å². The minimum Gasteiger partial charge on any atom is -0.466 e. The predicted octanol–water partition coefficient (Wildman–Crippen LogP) is -0.129. The lowest BCUT2D eigenvalue weighted by molar-refractivity contribution is -0.315. The molecule has 4 aliphatic rings. The van der Waals surface area contributed by atoms with E-state index in [1.165, 1.54) is 0 Å². The number of esters is 5. The average molecular weight is 918 g/mol. The Kier molecular flexibility index (Phi) is 15.8. The number of carbonyl (C=O) groups is 7. The Hall–Kier alpha value is -3.87. The van der Waals surface area contributed by atoms with Crippen molar-refractivity contribution in [2.24, 2.45) is 0 Å². The Morgan fingerprint density at radius 2 is 1.37 bits per heavy atom. The van der Waals surface area contributed by atoms with Gasteiger partial charge in [0.25, 0.3) is 5.79 Å². The Labute approximate surface area is 354 Å². The van der Waals surface area contributed by atoms with Gasteiger partial charge in [-0.25, -0.2) is 19.2 Å². The van der Waals surface area contributed by atoms with Crippen molar-refractivity contribution in [2.75, 3.05) is 45.1 Å². The lowest BCUT2D eigenvalue weighted by atomic mass is 9.88. The number of aliphatic hydroxyl groups excluding tert-OH is 2. The molecule has 1 aromatic rings. The number of alkyl halides is 3. The van der Waals surface area contributed by atoms with Crippen LogP contribution in [0.25, 0.3) is 0 Å². The number of fused-ring (bicyclic) bond motifs is 2. The molecule has 4 aliphatic heterocycles. The van der Waals surface area contributed by atoms with Gasteiger partial charge in [0.05, 0.1) is 39.3 Å². The predicted molar refractivity (Wildman–Crippen MR) is 196 cm³/mol. The minimum absolute atomic E-state index is 0.226. The maximum atomic E-state index is 13.7. The van der Waals surface area contributed by atoms with Gasteiger partial charge in [-0.15, -0.1) is 34.8 Å². The van der Waals surface area contributed by atoms with E-state index in [9.17, 15) is 43.8 Å². The number of alkyl carbamates (subject to hydrolysis) is 2. The first kappa shape index (κ1) is 46.2. The van der Waals surface area contributed by atoms with E-state index in [-0.39, 0.29) is 6.42 Å². The second kappa shape index (κ2) is 20.1. The largest absolute Gasteiger partial charge is 0.466 e. The number of nitrogens with one attached hydrogen (secondary N) is 2. The minimum atomic E-state index is -2.66. The molecule has 2 amide bonds. The van der Waals surface area contributed by atoms with Gasteiger partial charge in [-0.3, -0.25) is 14.4 Å². The Balaban J connectivity index is 1.46. The van der Waals surface area contributed by atoms with Crippen molar-refractivity contribution in [1.29, 1.82) is 0 Å². The van der Waals surface area contributed by atoms with Gasteiger partial charge in [-0.1, -0.05) is 30.0 Å². The van der Waals surface area contributed by atoms with Gasteiger partial charge in [0.1, 0.15) is 60.9 Å². The Morgan fingerprint density at radius 3 is 1.97 bits per heavy atom. The van der Waals surface area contributed by atoms with E-state index in [1.54, 1.807) is 30.3 Å². The van der Waals surface area contributed by atoms with Crippen LogP contribution in [0, 0.1) is 0 Å². The van der Waals surface area contributed by atoms with E-state index in [0.29, 0.717) is 4.90 Å². The summed E-state index contributed by atoms with van der Waals surface area (Å²) < 4.78 is 55.0. The summed E-state index contributed by atoms with van der Waals surface area (Å²) in [6.45, 7) is -1.81. The zero-order valence-corrected chi connectivity index (χ0v) is 34.1. The molecule has 1 aromatic carbocycles. The average Bonchev–Trinajstić information content (AvgIpc) is 3.81. The van der Waals surface area contributed by atoms with Crippen LogP contribution in [0.2, 0.25) is 0 Å². The van der Waals surface area contributed by atoms with Crippen molar-refractivity contribution in [3.63, 3.8) is 0 Å². The second-order valence-corrected chi connectivity index (χ2v) is 15.3. The van der Waals surface area contributed by atoms with Gasteiger partial charge in [-0.05, 0) is 12.1 Å². The third-order valence-electron chi connectivity index (χ3n) is 9.40. The van der Waals surface area contributed by atoms with E-state index in [1.807, 2.05) is 0 Å². The molecule has 326 valence electrons. The Morgan fingerprint density at radius 1 is 0.797 bits per heavy atom. The molecule has 0 aliphatic carbocycles. The Bertz CT molecular complexity index is 1730. The highest BCUT2D eigenvalue weighted by atomic mass is 35.5. The van der Waals surface area contributed by atoms with Crippen LogP contribution in [0.1, 0.15) is 12.8 Å². The molecule has 0 radical (unpaired) electrons. The summed E-state index contributed by atoms with van der Waals surface area (Å²) in [4.78, 5) is 87.9. The van der Waals surface area contributed by atoms with Gasteiger partial charge >= 0.3 is 42.0 Å². The summed E-state index contributed by atoms with van der Waals surface area (Å²) in [5.41, 5.74) is 0. The van der Waals surface area contributed by atoms with Crippen molar-refractivity contribution < 1.29 is 91.1 Å². The lowest BCUT2D eigenvalue weighted by Gasteiger charge is -2.46. The van der Waals surface area contributed by atoms with Crippen LogP contribution in [0.15, 0.2) is 35.2 Å². The number of halogens is 3. The van der Waals surface area contributed by atoms with Crippen molar-refractivity contribution >= 4 is 88.6 Å². The highest BCUT2D eigenvalue weighted by Crippen LogP contribution is 2.46. The van der Waals surface area contributed by atoms with E-state index in [4.69, 9.17) is 82.2 Å². The summed E-state index contributed by atoms with van der Waals surface area (Å²) in [5.74, 6) is -10.2. The van der Waals surface area contributed by atoms with Crippen LogP contribution in [-0.4, -0.2) is 169 Å². The fourth-order valence-corrected chi connectivity index (χ4v) is 8.29. The van der Waals surface area contributed by atoms with Gasteiger partial charge in [0.2, 0.25) is 4.93 Å². The van der Waals surface area contributed by atoms with Crippen LogP contribution in [0.4, 0.5) is 9.59 Å². The molecule has 4 N–H and O–H groups in total. The van der Waals surface area contributed by atoms with Gasteiger partial charge < -0.3 is 68.2 Å². The summed E-state index contributed by atoms with van der Waals surface area (Å²) in [6, 6.07) is 6.11. The number of thioether (sulfide) groups is 1. The van der Waals surface area contributed by atoms with Crippen molar-refractivity contribution in [1.82, 2.24) is 10.6 Å². The van der Waals surface area contributed by atoms with Crippen LogP contribution >= 0.6 is 46.6 Å². The summed E-state index contributed by atoms with van der Waals surface area (Å²) in [7, 11) is 2.06. The topological polar surface area (TPSA) is 276 Å². The molecule has 59 heavy (non-hydrogen) atoms. The quantitative estimate of drug-likeness (QED) is 0.0848. The first-order valence-corrected chi connectivity index (χ1v) is 20.0. The highest BCUT2D eigenvalue weighted by Gasteiger charge is 2.63. The van der Waals surface area contributed by atoms with Gasteiger partial charge in [-0.2, -0.15) is 0 Å². The number of methoxy groups -OCH3 is 2. The zero-order chi connectivity index (χ0) is 43.1. The maximum Gasteiger partial charge on any atom is 0.407 e. The standard InChI is InChI=1S/C34H39Cl3N2O19S/c1-49-29(45)33(8-17-24(39-32(48)54-17)28(57-33)26(56-22(43)12-37)19(53-21(42)11-36)14-51-20(41)10-35)52-13-16(40)25(44)27-23-18(55-31(47)38-23)9-34(58-27,30(46)50-2)59-15-6-4-3-5-7-15/h3-7,16-19,23-28,40,44H,8-14H2,1-2H3,(H,38,47)(H,39,48)/t16-,17+,18+,19-,23-,24-,25-,26-,27-,28-,33-,34+/m1/s1. The number of aliphatic hydroxyl groups is 2. The summed E-state index contributed by atoms with van der Waals surface area (Å²) >= 11 is 17.9. The first-order valence-electron chi connectivity index (χ1n) is 17.6. The first-order chi connectivity index (χ1) is 28.1. The summed E-state index contributed by atoms with van der Waals surface area (Å²) in [5, 5.41) is 28.1. The van der Waals surface area contributed by atoms with Crippen LogP contribution in [0.5, 0.6) is 0 Å². The van der Waals surface area contributed by atoms with E-state index >= 15 is 0 Å². The number of ether oxygens (including phenoxy) is 10. The van der Waals surface area contributed by atoms with Crippen LogP contribution in [-0.2, 0) is 71.3 Å². The molecule has 0 saturated carbocycles. The molecular formula is C34H39Cl3N2O19S. The molecule has 25 heteroatoms. The number of hydrogen-bond donors (Lipinski definition) is 4. The molecule has 21 nitrogen and oxygen atoms in total. The molecule has 0 unspecified atom stereocenters. The number of carbonyl (C=O) groups excluding carboxylic acids is 7. The number of benzene rings is 1. The second-order valence-electron chi connectivity index (χ2n) is 13.1. The molecule has 12 atom stereocenters. The van der Waals surface area contributed by atoms with Crippen molar-refractivity contribution in [3.05, 3.63) is 30.3 Å². The van der Waals surface area contributed by atoms with E-state index in [2.05, 4.69) is 10.6 Å². The summed E-state index contributed by atoms with van der Waals surface area (Å²) in [6.07, 6.45) is -16.2. The number of hydrogen-bond acceptors (Lipinski definition) is 20. The van der Waals surface area contributed by atoms with Crippen LogP contribution in [0.3, 0.4) is 0 Å². The van der Waals surface area contributed by atoms with Gasteiger partial charge in [0.15, 0.2) is 12.2 Å². The lowest BCUT2D eigenvalue weighted by Crippen LogP contribution is -2.67. The molecule has 4 saturated heterocycles. The van der Waals surface area contributed by atoms with E-state index < -0.39 is 151 Å². The molecule has 5 rings (SSSR count).